The Bertz CT molecular complexity index is 1140. The van der Waals surface area contributed by atoms with E-state index in [1.807, 2.05) is 0 Å². The fourth-order valence-corrected chi connectivity index (χ4v) is 3.45. The van der Waals surface area contributed by atoms with Gasteiger partial charge in [0.2, 0.25) is 5.91 Å². The summed E-state index contributed by atoms with van der Waals surface area (Å²) in [7, 11) is 0. The number of hydrogen-bond donors (Lipinski definition) is 1. The summed E-state index contributed by atoms with van der Waals surface area (Å²) in [5.74, 6) is -2.06. The molecular formula is C23H18F2N4O3. The number of aromatic nitrogens is 1. The number of benzene rings is 2. The first-order valence-electron chi connectivity index (χ1n) is 9.77. The summed E-state index contributed by atoms with van der Waals surface area (Å²) >= 11 is 0. The lowest BCUT2D eigenvalue weighted by atomic mass is 10.1. The summed E-state index contributed by atoms with van der Waals surface area (Å²) in [6, 6.07) is 11.9. The summed E-state index contributed by atoms with van der Waals surface area (Å²) in [5.41, 5.74) is 1.25. The minimum atomic E-state index is -1.08. The highest BCUT2D eigenvalue weighted by atomic mass is 19.1. The SMILES string of the molecule is O=C(CC1C(=O)N(c2ccc(F)cc2)C(=O)N1Cc1cccnc1)Nc1ccc(F)cc1. The molecule has 1 aliphatic rings. The molecule has 0 bridgehead atoms. The molecule has 1 N–H and O–H groups in total. The number of carbonyl (C=O) groups excluding carboxylic acids is 3. The third-order valence-electron chi connectivity index (χ3n) is 4.99. The molecule has 1 saturated heterocycles. The first kappa shape index (κ1) is 21.1. The fraction of sp³-hybridized carbons (Fsp3) is 0.130. The molecule has 3 aromatic rings. The van der Waals surface area contributed by atoms with Crippen molar-refractivity contribution in [2.75, 3.05) is 10.2 Å². The normalized spacial score (nSPS) is 15.9. The zero-order valence-corrected chi connectivity index (χ0v) is 16.7. The molecule has 32 heavy (non-hydrogen) atoms. The van der Waals surface area contributed by atoms with Crippen molar-refractivity contribution in [1.82, 2.24) is 9.88 Å². The molecule has 162 valence electrons. The Labute approximate surface area is 182 Å². The molecule has 2 aromatic carbocycles. The first-order valence-corrected chi connectivity index (χ1v) is 9.77. The summed E-state index contributed by atoms with van der Waals surface area (Å²) < 4.78 is 26.4. The predicted octanol–water partition coefficient (Wildman–Crippen LogP) is 3.73. The lowest BCUT2D eigenvalue weighted by molar-refractivity contribution is -0.124. The first-order chi connectivity index (χ1) is 15.4. The van der Waals surface area contributed by atoms with E-state index < -0.39 is 35.5 Å². The van der Waals surface area contributed by atoms with Crippen molar-refractivity contribution in [3.8, 4) is 0 Å². The van der Waals surface area contributed by atoms with Gasteiger partial charge in [0, 0.05) is 24.6 Å². The van der Waals surface area contributed by atoms with E-state index in [-0.39, 0.29) is 18.7 Å². The highest BCUT2D eigenvalue weighted by Crippen LogP contribution is 2.28. The number of amides is 4. The third-order valence-corrected chi connectivity index (χ3v) is 4.99. The molecule has 1 fully saturated rings. The lowest BCUT2D eigenvalue weighted by Gasteiger charge is -2.21. The molecule has 0 radical (unpaired) electrons. The van der Waals surface area contributed by atoms with Gasteiger partial charge in [-0.15, -0.1) is 0 Å². The Morgan fingerprint density at radius 1 is 0.969 bits per heavy atom. The van der Waals surface area contributed by atoms with Crippen LogP contribution in [0.25, 0.3) is 0 Å². The van der Waals surface area contributed by atoms with Gasteiger partial charge in [0.15, 0.2) is 0 Å². The van der Waals surface area contributed by atoms with E-state index in [1.165, 1.54) is 41.3 Å². The molecule has 4 rings (SSSR count). The maximum Gasteiger partial charge on any atom is 0.332 e. The number of carbonyl (C=O) groups is 3. The maximum atomic E-state index is 13.3. The number of urea groups is 1. The van der Waals surface area contributed by atoms with Crippen molar-refractivity contribution < 1.29 is 23.2 Å². The second-order valence-corrected chi connectivity index (χ2v) is 7.20. The number of pyridine rings is 1. The van der Waals surface area contributed by atoms with Gasteiger partial charge in [-0.3, -0.25) is 14.6 Å². The van der Waals surface area contributed by atoms with E-state index in [9.17, 15) is 23.2 Å². The zero-order chi connectivity index (χ0) is 22.7. The molecule has 0 saturated carbocycles. The van der Waals surface area contributed by atoms with E-state index in [2.05, 4.69) is 10.3 Å². The molecule has 7 nitrogen and oxygen atoms in total. The minimum Gasteiger partial charge on any atom is -0.326 e. The summed E-state index contributed by atoms with van der Waals surface area (Å²) in [6.07, 6.45) is 2.84. The van der Waals surface area contributed by atoms with Gasteiger partial charge < -0.3 is 10.2 Å². The second kappa shape index (κ2) is 8.93. The van der Waals surface area contributed by atoms with E-state index in [4.69, 9.17) is 0 Å². The van der Waals surface area contributed by atoms with E-state index in [0.717, 1.165) is 17.0 Å². The van der Waals surface area contributed by atoms with E-state index >= 15 is 0 Å². The number of nitrogens with one attached hydrogen (secondary N) is 1. The molecule has 4 amide bonds. The van der Waals surface area contributed by atoms with Crippen molar-refractivity contribution in [2.45, 2.75) is 19.0 Å². The second-order valence-electron chi connectivity index (χ2n) is 7.20. The number of halogens is 2. The highest BCUT2D eigenvalue weighted by molar-refractivity contribution is 6.22. The van der Waals surface area contributed by atoms with Crippen LogP contribution in [0.1, 0.15) is 12.0 Å². The van der Waals surface area contributed by atoms with Crippen LogP contribution in [0.2, 0.25) is 0 Å². The highest BCUT2D eigenvalue weighted by Gasteiger charge is 2.46. The topological polar surface area (TPSA) is 82.6 Å². The van der Waals surface area contributed by atoms with Crippen LogP contribution in [-0.4, -0.2) is 33.8 Å². The van der Waals surface area contributed by atoms with Gasteiger partial charge in [0.25, 0.3) is 5.91 Å². The monoisotopic (exact) mass is 436 g/mol. The predicted molar refractivity (Wildman–Crippen MR) is 112 cm³/mol. The van der Waals surface area contributed by atoms with Gasteiger partial charge in [0.05, 0.1) is 12.1 Å². The Morgan fingerprint density at radius 2 is 1.62 bits per heavy atom. The van der Waals surface area contributed by atoms with Crippen molar-refractivity contribution in [1.29, 1.82) is 0 Å². The zero-order valence-electron chi connectivity index (χ0n) is 16.7. The molecule has 0 spiro atoms. The Morgan fingerprint density at radius 3 is 2.25 bits per heavy atom. The summed E-state index contributed by atoms with van der Waals surface area (Å²) in [5, 5.41) is 2.60. The minimum absolute atomic E-state index is 0.0601. The maximum absolute atomic E-state index is 13.3. The molecule has 1 aromatic heterocycles. The smallest absolute Gasteiger partial charge is 0.326 e. The molecule has 1 unspecified atom stereocenters. The largest absolute Gasteiger partial charge is 0.332 e. The number of anilines is 2. The van der Waals surface area contributed by atoms with Gasteiger partial charge in [-0.25, -0.2) is 18.5 Å². The van der Waals surface area contributed by atoms with E-state index in [1.54, 1.807) is 24.5 Å². The van der Waals surface area contributed by atoms with Gasteiger partial charge in [-0.1, -0.05) is 6.07 Å². The molecule has 1 aliphatic heterocycles. The Kier molecular flexibility index (Phi) is 5.89. The van der Waals surface area contributed by atoms with Crippen LogP contribution in [0.4, 0.5) is 25.0 Å². The van der Waals surface area contributed by atoms with E-state index in [0.29, 0.717) is 11.3 Å². The standard InChI is InChI=1S/C23H18F2N4O3/c24-16-3-7-18(8-4-16)27-21(30)12-20-22(31)29(19-9-5-17(25)6-10-19)23(32)28(20)14-15-2-1-11-26-13-15/h1-11,13,20H,12,14H2,(H,27,30). The van der Waals surface area contributed by atoms with Crippen LogP contribution in [0.3, 0.4) is 0 Å². The van der Waals surface area contributed by atoms with Crippen LogP contribution in [0.5, 0.6) is 0 Å². The average Bonchev–Trinajstić information content (AvgIpc) is 3.01. The molecule has 1 atom stereocenters. The Hall–Kier alpha value is -4.14. The van der Waals surface area contributed by atoms with Crippen molar-refractivity contribution >= 4 is 29.2 Å². The van der Waals surface area contributed by atoms with Gasteiger partial charge >= 0.3 is 6.03 Å². The van der Waals surface area contributed by atoms with Crippen LogP contribution in [0, 0.1) is 11.6 Å². The number of rotatable bonds is 6. The number of hydrogen-bond acceptors (Lipinski definition) is 4. The molecule has 2 heterocycles. The number of imide groups is 1. The lowest BCUT2D eigenvalue weighted by Crippen LogP contribution is -2.37. The van der Waals surface area contributed by atoms with Gasteiger partial charge in [0.1, 0.15) is 17.7 Å². The molecule has 0 aliphatic carbocycles. The fourth-order valence-electron chi connectivity index (χ4n) is 3.45. The Balaban J connectivity index is 1.59. The van der Waals surface area contributed by atoms with Crippen molar-refractivity contribution in [3.05, 3.63) is 90.3 Å². The van der Waals surface area contributed by atoms with Crippen LogP contribution in [0.15, 0.2) is 73.1 Å². The van der Waals surface area contributed by atoms with Gasteiger partial charge in [-0.2, -0.15) is 0 Å². The van der Waals surface area contributed by atoms with Crippen LogP contribution in [-0.2, 0) is 16.1 Å². The average molecular weight is 436 g/mol. The quantitative estimate of drug-likeness (QED) is 0.597. The third kappa shape index (κ3) is 4.46. The van der Waals surface area contributed by atoms with Crippen molar-refractivity contribution in [2.24, 2.45) is 0 Å². The molecular weight excluding hydrogens is 418 g/mol. The molecule has 9 heteroatoms. The van der Waals surface area contributed by atoms with Crippen LogP contribution >= 0.6 is 0 Å². The number of nitrogens with zero attached hydrogens (tertiary/aromatic N) is 3. The summed E-state index contributed by atoms with van der Waals surface area (Å²) in [6.45, 7) is 0.0601. The van der Waals surface area contributed by atoms with Gasteiger partial charge in [-0.05, 0) is 60.2 Å². The summed E-state index contributed by atoms with van der Waals surface area (Å²) in [4.78, 5) is 45.2. The van der Waals surface area contributed by atoms with Crippen molar-refractivity contribution in [3.63, 3.8) is 0 Å². The van der Waals surface area contributed by atoms with Crippen LogP contribution < -0.4 is 10.2 Å².